The van der Waals surface area contributed by atoms with Crippen molar-refractivity contribution in [1.29, 1.82) is 0 Å². The molecule has 0 fully saturated rings. The van der Waals surface area contributed by atoms with Gasteiger partial charge >= 0.3 is 0 Å². The molecule has 0 radical (unpaired) electrons. The predicted molar refractivity (Wildman–Crippen MR) is 136 cm³/mol. The standard InChI is InChI=1S/C28H32O6/c1-15(2)7-6-8-17(5)10-12-19-24(31)18(11-9-16(3)4)25(32)23-26(33)22-20(29)13-14-21(30)28(22)34-27(19)23/h7,9-10,13-14,29-32H,6,8,11-12H2,1-5H3/b17-10+. The number of allylic oxidation sites excluding steroid dienone is 6. The van der Waals surface area contributed by atoms with Crippen LogP contribution < -0.4 is 5.43 Å². The van der Waals surface area contributed by atoms with Crippen molar-refractivity contribution in [1.82, 2.24) is 0 Å². The molecule has 6 heteroatoms. The summed E-state index contributed by atoms with van der Waals surface area (Å²) in [6, 6.07) is 2.42. The molecule has 1 heterocycles. The highest BCUT2D eigenvalue weighted by atomic mass is 16.4. The summed E-state index contributed by atoms with van der Waals surface area (Å²) in [5.74, 6) is -1.23. The summed E-state index contributed by atoms with van der Waals surface area (Å²) in [7, 11) is 0. The maximum atomic E-state index is 13.4. The molecule has 180 valence electrons. The van der Waals surface area contributed by atoms with Crippen molar-refractivity contribution < 1.29 is 24.8 Å². The summed E-state index contributed by atoms with van der Waals surface area (Å²) in [6.45, 7) is 9.90. The monoisotopic (exact) mass is 464 g/mol. The Morgan fingerprint density at radius 2 is 1.38 bits per heavy atom. The van der Waals surface area contributed by atoms with E-state index in [0.717, 1.165) is 24.0 Å². The highest BCUT2D eigenvalue weighted by molar-refractivity contribution is 6.00. The second-order valence-corrected chi connectivity index (χ2v) is 9.16. The molecular weight excluding hydrogens is 432 g/mol. The van der Waals surface area contributed by atoms with Crippen molar-refractivity contribution in [3.05, 3.63) is 68.4 Å². The third-order valence-corrected chi connectivity index (χ3v) is 5.83. The summed E-state index contributed by atoms with van der Waals surface area (Å²) in [4.78, 5) is 13.4. The molecule has 0 saturated heterocycles. The second kappa shape index (κ2) is 10.1. The molecule has 3 aromatic rings. The smallest absolute Gasteiger partial charge is 0.208 e. The van der Waals surface area contributed by atoms with Gasteiger partial charge in [0, 0.05) is 11.1 Å². The molecule has 3 rings (SSSR count). The fraction of sp³-hybridized carbons (Fsp3) is 0.321. The van der Waals surface area contributed by atoms with Gasteiger partial charge < -0.3 is 24.8 Å². The van der Waals surface area contributed by atoms with Crippen LogP contribution in [-0.4, -0.2) is 20.4 Å². The summed E-state index contributed by atoms with van der Waals surface area (Å²) in [6.07, 6.45) is 8.18. The third-order valence-electron chi connectivity index (χ3n) is 5.83. The van der Waals surface area contributed by atoms with Crippen molar-refractivity contribution in [3.8, 4) is 23.0 Å². The van der Waals surface area contributed by atoms with E-state index in [4.69, 9.17) is 4.42 Å². The van der Waals surface area contributed by atoms with Crippen LogP contribution in [0.15, 0.2) is 56.3 Å². The van der Waals surface area contributed by atoms with Crippen molar-refractivity contribution in [2.75, 3.05) is 0 Å². The van der Waals surface area contributed by atoms with Gasteiger partial charge in [-0.3, -0.25) is 4.79 Å². The fourth-order valence-corrected chi connectivity index (χ4v) is 3.90. The van der Waals surface area contributed by atoms with E-state index in [1.807, 2.05) is 46.8 Å². The van der Waals surface area contributed by atoms with Crippen LogP contribution in [0.25, 0.3) is 21.9 Å². The first kappa shape index (κ1) is 25.0. The van der Waals surface area contributed by atoms with Crippen LogP contribution in [0.3, 0.4) is 0 Å². The second-order valence-electron chi connectivity index (χ2n) is 9.16. The lowest BCUT2D eigenvalue weighted by atomic mass is 9.95. The quantitative estimate of drug-likeness (QED) is 0.180. The molecule has 1 aromatic heterocycles. The maximum absolute atomic E-state index is 13.4. The van der Waals surface area contributed by atoms with Crippen LogP contribution in [0.1, 0.15) is 58.6 Å². The van der Waals surface area contributed by atoms with Gasteiger partial charge in [-0.25, -0.2) is 0 Å². The molecule has 0 bridgehead atoms. The van der Waals surface area contributed by atoms with Crippen LogP contribution in [0.5, 0.6) is 23.0 Å². The lowest BCUT2D eigenvalue weighted by Crippen LogP contribution is -2.06. The number of aromatic hydroxyl groups is 4. The SMILES string of the molecule is CC(C)=CCC/C(C)=C/Cc1c(O)c(CC=C(C)C)c(O)c2c(=O)c3c(O)ccc(O)c3oc12. The van der Waals surface area contributed by atoms with Crippen molar-refractivity contribution in [3.63, 3.8) is 0 Å². The summed E-state index contributed by atoms with van der Waals surface area (Å²) in [5, 5.41) is 42.3. The van der Waals surface area contributed by atoms with Crippen LogP contribution >= 0.6 is 0 Å². The van der Waals surface area contributed by atoms with Crippen LogP contribution in [-0.2, 0) is 12.8 Å². The number of rotatable bonds is 7. The molecular formula is C28H32O6. The predicted octanol–water partition coefficient (Wildman–Crippen LogP) is 6.51. The lowest BCUT2D eigenvalue weighted by molar-refractivity contribution is 0.437. The minimum absolute atomic E-state index is 0.0114. The third kappa shape index (κ3) is 4.96. The van der Waals surface area contributed by atoms with Gasteiger partial charge in [-0.2, -0.15) is 0 Å². The zero-order valence-electron chi connectivity index (χ0n) is 20.3. The number of benzene rings is 2. The van der Waals surface area contributed by atoms with Gasteiger partial charge in [-0.1, -0.05) is 34.9 Å². The lowest BCUT2D eigenvalue weighted by Gasteiger charge is -2.15. The molecule has 0 saturated carbocycles. The zero-order chi connectivity index (χ0) is 25.2. The number of phenols is 4. The summed E-state index contributed by atoms with van der Waals surface area (Å²) >= 11 is 0. The molecule has 0 spiro atoms. The molecule has 0 aliphatic rings. The Morgan fingerprint density at radius 1 is 0.765 bits per heavy atom. The molecule has 0 aliphatic heterocycles. The van der Waals surface area contributed by atoms with Gasteiger partial charge in [0.15, 0.2) is 11.3 Å². The number of phenolic OH excluding ortho intramolecular Hbond substituents is 4. The van der Waals surface area contributed by atoms with E-state index < -0.39 is 11.2 Å². The van der Waals surface area contributed by atoms with Gasteiger partial charge in [0.2, 0.25) is 5.43 Å². The maximum Gasteiger partial charge on any atom is 0.208 e. The molecule has 2 aromatic carbocycles. The van der Waals surface area contributed by atoms with Gasteiger partial charge in [0.25, 0.3) is 0 Å². The highest BCUT2D eigenvalue weighted by Gasteiger charge is 2.25. The van der Waals surface area contributed by atoms with E-state index in [1.54, 1.807) is 0 Å². The molecule has 0 aliphatic carbocycles. The van der Waals surface area contributed by atoms with Crippen LogP contribution in [0.2, 0.25) is 0 Å². The molecule has 6 nitrogen and oxygen atoms in total. The normalized spacial score (nSPS) is 11.7. The van der Waals surface area contributed by atoms with E-state index in [1.165, 1.54) is 17.7 Å². The first-order chi connectivity index (χ1) is 16.0. The van der Waals surface area contributed by atoms with Crippen LogP contribution in [0, 0.1) is 0 Å². The first-order valence-corrected chi connectivity index (χ1v) is 11.3. The Kier molecular flexibility index (Phi) is 7.40. The van der Waals surface area contributed by atoms with E-state index >= 15 is 0 Å². The Labute approximate surface area is 198 Å². The minimum atomic E-state index is -0.675. The molecule has 0 amide bonds. The Balaban J connectivity index is 2.30. The summed E-state index contributed by atoms with van der Waals surface area (Å²) < 4.78 is 5.87. The minimum Gasteiger partial charge on any atom is -0.507 e. The van der Waals surface area contributed by atoms with Gasteiger partial charge in [0.1, 0.15) is 33.6 Å². The average Bonchev–Trinajstić information content (AvgIpc) is 2.75. The number of hydrogen-bond donors (Lipinski definition) is 4. The molecule has 0 unspecified atom stereocenters. The number of hydrogen-bond acceptors (Lipinski definition) is 6. The van der Waals surface area contributed by atoms with E-state index in [-0.39, 0.29) is 57.6 Å². The van der Waals surface area contributed by atoms with E-state index in [0.29, 0.717) is 5.56 Å². The van der Waals surface area contributed by atoms with E-state index in [9.17, 15) is 25.2 Å². The van der Waals surface area contributed by atoms with Crippen LogP contribution in [0.4, 0.5) is 0 Å². The fourth-order valence-electron chi connectivity index (χ4n) is 3.90. The summed E-state index contributed by atoms with van der Waals surface area (Å²) in [5.41, 5.74) is 3.01. The Hall–Kier alpha value is -3.67. The van der Waals surface area contributed by atoms with E-state index in [2.05, 4.69) is 6.08 Å². The molecule has 0 atom stereocenters. The highest BCUT2D eigenvalue weighted by Crippen LogP contribution is 2.42. The zero-order valence-corrected chi connectivity index (χ0v) is 20.3. The first-order valence-electron chi connectivity index (χ1n) is 11.3. The van der Waals surface area contributed by atoms with Crippen molar-refractivity contribution in [2.45, 2.75) is 60.3 Å². The molecule has 4 N–H and O–H groups in total. The largest absolute Gasteiger partial charge is 0.507 e. The number of fused-ring (bicyclic) bond motifs is 2. The van der Waals surface area contributed by atoms with Gasteiger partial charge in [0.05, 0.1) is 0 Å². The Morgan fingerprint density at radius 3 is 2.03 bits per heavy atom. The van der Waals surface area contributed by atoms with Gasteiger partial charge in [-0.15, -0.1) is 0 Å². The van der Waals surface area contributed by atoms with Gasteiger partial charge in [-0.05, 0) is 72.4 Å². The topological polar surface area (TPSA) is 111 Å². The molecule has 34 heavy (non-hydrogen) atoms. The van der Waals surface area contributed by atoms with Crippen molar-refractivity contribution >= 4 is 21.9 Å². The Bertz CT molecular complexity index is 1390. The van der Waals surface area contributed by atoms with Crippen molar-refractivity contribution in [2.24, 2.45) is 0 Å². The average molecular weight is 465 g/mol.